The van der Waals surface area contributed by atoms with E-state index in [0.717, 1.165) is 31.2 Å². The molecule has 1 aromatic heterocycles. The predicted molar refractivity (Wildman–Crippen MR) is 79.8 cm³/mol. The van der Waals surface area contributed by atoms with E-state index in [4.69, 9.17) is 11.0 Å². The smallest absolute Gasteiger partial charge is 0.227 e. The number of amides is 1. The molecule has 5 heteroatoms. The zero-order chi connectivity index (χ0) is 15.1. The molecule has 2 atom stereocenters. The number of nitrogens with zero attached hydrogens (tertiary/aromatic N) is 3. The van der Waals surface area contributed by atoms with E-state index in [2.05, 4.69) is 11.1 Å². The quantitative estimate of drug-likeness (QED) is 0.895. The van der Waals surface area contributed by atoms with E-state index in [0.29, 0.717) is 19.5 Å². The molecule has 0 radical (unpaired) electrons. The van der Waals surface area contributed by atoms with Crippen molar-refractivity contribution in [3.8, 4) is 6.07 Å². The Morgan fingerprint density at radius 2 is 2.29 bits per heavy atom. The van der Waals surface area contributed by atoms with Gasteiger partial charge in [-0.2, -0.15) is 5.26 Å². The average molecular weight is 286 g/mol. The topological polar surface area (TPSA) is 83.0 Å². The molecule has 1 aliphatic carbocycles. The number of carbonyl (C=O) groups excluding carboxylic acids is 1. The van der Waals surface area contributed by atoms with Crippen LogP contribution in [0.15, 0.2) is 24.5 Å². The number of nitrogens with two attached hydrogens (primary N) is 1. The summed E-state index contributed by atoms with van der Waals surface area (Å²) in [4.78, 5) is 18.6. The van der Waals surface area contributed by atoms with Gasteiger partial charge in [0.15, 0.2) is 0 Å². The van der Waals surface area contributed by atoms with E-state index in [1.807, 2.05) is 12.1 Å². The van der Waals surface area contributed by atoms with Crippen molar-refractivity contribution in [1.29, 1.82) is 5.26 Å². The minimum Gasteiger partial charge on any atom is -0.337 e. The first kappa shape index (κ1) is 15.5. The Bertz CT molecular complexity index is 497. The van der Waals surface area contributed by atoms with Crippen molar-refractivity contribution in [2.24, 2.45) is 11.7 Å². The number of pyridine rings is 1. The molecule has 0 saturated heterocycles. The monoisotopic (exact) mass is 286 g/mol. The SMILES string of the molecule is N#CCCN(Cc1cccnc1)C(=O)C1CCCCC1N. The first-order valence-corrected chi connectivity index (χ1v) is 7.52. The van der Waals surface area contributed by atoms with Crippen molar-refractivity contribution in [1.82, 2.24) is 9.88 Å². The molecule has 1 aromatic rings. The fourth-order valence-electron chi connectivity index (χ4n) is 2.86. The van der Waals surface area contributed by atoms with Gasteiger partial charge in [-0.15, -0.1) is 0 Å². The van der Waals surface area contributed by atoms with Crippen LogP contribution in [0, 0.1) is 17.2 Å². The van der Waals surface area contributed by atoms with Gasteiger partial charge in [0.1, 0.15) is 0 Å². The third-order valence-corrected chi connectivity index (χ3v) is 4.04. The molecule has 1 aliphatic rings. The molecule has 0 aromatic carbocycles. The first-order valence-electron chi connectivity index (χ1n) is 7.52. The molecular formula is C16H22N4O. The standard InChI is InChI=1S/C16H22N4O/c17-8-4-10-20(12-13-5-3-9-19-11-13)16(21)14-6-1-2-7-15(14)18/h3,5,9,11,14-15H,1-2,4,6-7,10,12,18H2. The lowest BCUT2D eigenvalue weighted by Gasteiger charge is -2.32. The summed E-state index contributed by atoms with van der Waals surface area (Å²) in [5.74, 6) is -0.0181. The molecule has 112 valence electrons. The maximum absolute atomic E-state index is 12.7. The minimum atomic E-state index is -0.103. The number of rotatable bonds is 5. The Kier molecular flexibility index (Phi) is 5.70. The van der Waals surface area contributed by atoms with Gasteiger partial charge in [-0.1, -0.05) is 18.9 Å². The highest BCUT2D eigenvalue weighted by Crippen LogP contribution is 2.25. The maximum atomic E-state index is 12.7. The number of hydrogen-bond donors (Lipinski definition) is 1. The predicted octanol–water partition coefficient (Wildman–Crippen LogP) is 1.84. The fraction of sp³-hybridized carbons (Fsp3) is 0.562. The Balaban J connectivity index is 2.07. The molecule has 2 N–H and O–H groups in total. The van der Waals surface area contributed by atoms with Crippen molar-refractivity contribution in [2.75, 3.05) is 6.54 Å². The molecule has 2 rings (SSSR count). The summed E-state index contributed by atoms with van der Waals surface area (Å²) < 4.78 is 0. The highest BCUT2D eigenvalue weighted by atomic mass is 16.2. The fourth-order valence-corrected chi connectivity index (χ4v) is 2.86. The lowest BCUT2D eigenvalue weighted by atomic mass is 9.84. The van der Waals surface area contributed by atoms with Crippen molar-refractivity contribution < 1.29 is 4.79 Å². The second kappa shape index (κ2) is 7.75. The first-order chi connectivity index (χ1) is 10.2. The summed E-state index contributed by atoms with van der Waals surface area (Å²) in [5, 5.41) is 8.80. The third kappa shape index (κ3) is 4.27. The summed E-state index contributed by atoms with van der Waals surface area (Å²) in [6.45, 7) is 0.949. The van der Waals surface area contributed by atoms with Crippen LogP contribution in [0.5, 0.6) is 0 Å². The van der Waals surface area contributed by atoms with Gasteiger partial charge in [0.05, 0.1) is 18.4 Å². The highest BCUT2D eigenvalue weighted by molar-refractivity contribution is 5.79. The van der Waals surface area contributed by atoms with E-state index in [-0.39, 0.29) is 17.9 Å². The number of aromatic nitrogens is 1. The molecule has 0 bridgehead atoms. The molecule has 1 amide bonds. The highest BCUT2D eigenvalue weighted by Gasteiger charge is 2.31. The van der Waals surface area contributed by atoms with Crippen LogP contribution in [0.4, 0.5) is 0 Å². The van der Waals surface area contributed by atoms with Crippen LogP contribution in [-0.2, 0) is 11.3 Å². The largest absolute Gasteiger partial charge is 0.337 e. The van der Waals surface area contributed by atoms with Crippen LogP contribution in [0.2, 0.25) is 0 Å². The Morgan fingerprint density at radius 1 is 1.48 bits per heavy atom. The number of hydrogen-bond acceptors (Lipinski definition) is 4. The maximum Gasteiger partial charge on any atom is 0.227 e. The van der Waals surface area contributed by atoms with Crippen molar-refractivity contribution in [3.05, 3.63) is 30.1 Å². The van der Waals surface area contributed by atoms with Crippen LogP contribution in [0.3, 0.4) is 0 Å². The molecule has 1 heterocycles. The average Bonchev–Trinajstić information content (AvgIpc) is 2.52. The van der Waals surface area contributed by atoms with Crippen LogP contribution >= 0.6 is 0 Å². The van der Waals surface area contributed by atoms with Crippen molar-refractivity contribution in [3.63, 3.8) is 0 Å². The van der Waals surface area contributed by atoms with Gasteiger partial charge < -0.3 is 10.6 Å². The Morgan fingerprint density at radius 3 is 2.95 bits per heavy atom. The minimum absolute atomic E-state index is 0.0512. The van der Waals surface area contributed by atoms with Gasteiger partial charge in [0, 0.05) is 31.5 Å². The van der Waals surface area contributed by atoms with E-state index in [1.165, 1.54) is 0 Å². The molecule has 5 nitrogen and oxygen atoms in total. The van der Waals surface area contributed by atoms with Crippen molar-refractivity contribution in [2.45, 2.75) is 44.7 Å². The summed E-state index contributed by atoms with van der Waals surface area (Å²) in [6.07, 6.45) is 7.74. The molecule has 21 heavy (non-hydrogen) atoms. The van der Waals surface area contributed by atoms with Crippen LogP contribution in [0.1, 0.15) is 37.7 Å². The summed E-state index contributed by atoms with van der Waals surface area (Å²) in [7, 11) is 0. The summed E-state index contributed by atoms with van der Waals surface area (Å²) >= 11 is 0. The third-order valence-electron chi connectivity index (χ3n) is 4.04. The molecule has 1 saturated carbocycles. The zero-order valence-corrected chi connectivity index (χ0v) is 12.2. The normalized spacial score (nSPS) is 21.5. The van der Waals surface area contributed by atoms with Gasteiger partial charge >= 0.3 is 0 Å². The van der Waals surface area contributed by atoms with E-state index >= 15 is 0 Å². The van der Waals surface area contributed by atoms with Gasteiger partial charge in [0.25, 0.3) is 0 Å². The lowest BCUT2D eigenvalue weighted by molar-refractivity contribution is -0.137. The second-order valence-electron chi connectivity index (χ2n) is 5.58. The van der Waals surface area contributed by atoms with Gasteiger partial charge in [-0.05, 0) is 24.5 Å². The number of carbonyl (C=O) groups is 1. The van der Waals surface area contributed by atoms with Gasteiger partial charge in [-0.3, -0.25) is 9.78 Å². The second-order valence-corrected chi connectivity index (χ2v) is 5.58. The van der Waals surface area contributed by atoms with E-state index in [1.54, 1.807) is 17.3 Å². The number of nitriles is 1. The Hall–Kier alpha value is -1.93. The van der Waals surface area contributed by atoms with Gasteiger partial charge in [-0.25, -0.2) is 0 Å². The van der Waals surface area contributed by atoms with Crippen LogP contribution < -0.4 is 5.73 Å². The molecular weight excluding hydrogens is 264 g/mol. The molecule has 0 spiro atoms. The molecule has 2 unspecified atom stereocenters. The van der Waals surface area contributed by atoms with Crippen LogP contribution in [-0.4, -0.2) is 28.4 Å². The lowest BCUT2D eigenvalue weighted by Crippen LogP contribution is -2.45. The zero-order valence-electron chi connectivity index (χ0n) is 12.2. The van der Waals surface area contributed by atoms with Crippen LogP contribution in [0.25, 0.3) is 0 Å². The van der Waals surface area contributed by atoms with E-state index < -0.39 is 0 Å². The molecule has 0 aliphatic heterocycles. The summed E-state index contributed by atoms with van der Waals surface area (Å²) in [6, 6.07) is 5.86. The van der Waals surface area contributed by atoms with Crippen molar-refractivity contribution >= 4 is 5.91 Å². The Labute approximate surface area is 125 Å². The van der Waals surface area contributed by atoms with Gasteiger partial charge in [0.2, 0.25) is 5.91 Å². The molecule has 1 fully saturated rings. The van der Waals surface area contributed by atoms with E-state index in [9.17, 15) is 4.79 Å². The summed E-state index contributed by atoms with van der Waals surface area (Å²) in [5.41, 5.74) is 7.09.